The summed E-state index contributed by atoms with van der Waals surface area (Å²) >= 11 is 0. The molecule has 8 nitrogen and oxygen atoms in total. The standard InChI is InChI=1S/C16H20N6O2S/c1-12(9-17-7-5-15-11-19-22-20-15)21-25(23,24)16-3-2-14-10-18-6-4-13(14)8-16/h2-4,6,8,10-12,17,21H,5,7,9H2,1H3,(H,19,20,22). The maximum atomic E-state index is 12.5. The molecule has 0 aliphatic heterocycles. The summed E-state index contributed by atoms with van der Waals surface area (Å²) in [5.74, 6) is 0. The number of nitrogens with one attached hydrogen (secondary N) is 3. The third-order valence-electron chi connectivity index (χ3n) is 3.75. The van der Waals surface area contributed by atoms with Gasteiger partial charge in [-0.15, -0.1) is 0 Å². The number of hydrogen-bond donors (Lipinski definition) is 3. The third-order valence-corrected chi connectivity index (χ3v) is 5.34. The van der Waals surface area contributed by atoms with E-state index in [1.165, 1.54) is 0 Å². The van der Waals surface area contributed by atoms with Gasteiger partial charge in [0.25, 0.3) is 0 Å². The highest BCUT2D eigenvalue weighted by atomic mass is 32.2. The molecule has 132 valence electrons. The number of hydrogen-bond acceptors (Lipinski definition) is 6. The Balaban J connectivity index is 1.56. The first-order chi connectivity index (χ1) is 12.0. The number of pyridine rings is 1. The molecule has 0 fully saturated rings. The summed E-state index contributed by atoms with van der Waals surface area (Å²) in [6.07, 6.45) is 5.76. The van der Waals surface area contributed by atoms with E-state index in [1.807, 2.05) is 6.92 Å². The maximum absolute atomic E-state index is 12.5. The van der Waals surface area contributed by atoms with Crippen LogP contribution in [-0.2, 0) is 16.4 Å². The van der Waals surface area contributed by atoms with Crippen molar-refractivity contribution in [1.29, 1.82) is 0 Å². The number of rotatable bonds is 8. The first-order valence-corrected chi connectivity index (χ1v) is 9.44. The van der Waals surface area contributed by atoms with E-state index < -0.39 is 10.0 Å². The minimum Gasteiger partial charge on any atom is -0.315 e. The van der Waals surface area contributed by atoms with E-state index in [-0.39, 0.29) is 10.9 Å². The quantitative estimate of drug-likeness (QED) is 0.514. The van der Waals surface area contributed by atoms with Gasteiger partial charge in [-0.25, -0.2) is 13.1 Å². The van der Waals surface area contributed by atoms with Crippen LogP contribution in [0.15, 0.2) is 47.8 Å². The van der Waals surface area contributed by atoms with Crippen molar-refractivity contribution in [1.82, 2.24) is 30.4 Å². The van der Waals surface area contributed by atoms with Gasteiger partial charge in [0.1, 0.15) is 0 Å². The number of nitrogens with zero attached hydrogens (tertiary/aromatic N) is 3. The van der Waals surface area contributed by atoms with Crippen molar-refractivity contribution >= 4 is 20.8 Å². The van der Waals surface area contributed by atoms with Crippen molar-refractivity contribution in [3.63, 3.8) is 0 Å². The van der Waals surface area contributed by atoms with Crippen LogP contribution < -0.4 is 10.0 Å². The highest BCUT2D eigenvalue weighted by molar-refractivity contribution is 7.89. The van der Waals surface area contributed by atoms with Gasteiger partial charge in [0.2, 0.25) is 10.0 Å². The lowest BCUT2D eigenvalue weighted by atomic mass is 10.2. The summed E-state index contributed by atoms with van der Waals surface area (Å²) in [6, 6.07) is 6.57. The zero-order valence-corrected chi connectivity index (χ0v) is 14.6. The van der Waals surface area contributed by atoms with Crippen molar-refractivity contribution in [2.24, 2.45) is 0 Å². The summed E-state index contributed by atoms with van der Waals surface area (Å²) in [5.41, 5.74) is 0.867. The highest BCUT2D eigenvalue weighted by Gasteiger charge is 2.17. The van der Waals surface area contributed by atoms with Gasteiger partial charge in [-0.05, 0) is 30.5 Å². The molecule has 1 aromatic carbocycles. The zero-order chi connectivity index (χ0) is 17.7. The van der Waals surface area contributed by atoms with Gasteiger partial charge in [0.05, 0.1) is 16.8 Å². The molecular weight excluding hydrogens is 340 g/mol. The predicted octanol–water partition coefficient (Wildman–Crippen LogP) is 0.852. The molecule has 0 radical (unpaired) electrons. The van der Waals surface area contributed by atoms with Gasteiger partial charge in [-0.3, -0.25) is 4.98 Å². The van der Waals surface area contributed by atoms with Gasteiger partial charge in [0, 0.05) is 43.3 Å². The summed E-state index contributed by atoms with van der Waals surface area (Å²) in [5, 5.41) is 15.2. The van der Waals surface area contributed by atoms with Crippen molar-refractivity contribution in [2.75, 3.05) is 13.1 Å². The van der Waals surface area contributed by atoms with Crippen molar-refractivity contribution in [3.05, 3.63) is 48.5 Å². The second-order valence-corrected chi connectivity index (χ2v) is 7.54. The van der Waals surface area contributed by atoms with Crippen LogP contribution in [0.2, 0.25) is 0 Å². The molecule has 0 amide bonds. The van der Waals surface area contributed by atoms with Gasteiger partial charge >= 0.3 is 0 Å². The molecule has 9 heteroatoms. The van der Waals surface area contributed by atoms with Gasteiger partial charge in [-0.2, -0.15) is 15.4 Å². The van der Waals surface area contributed by atoms with Crippen LogP contribution in [-0.4, -0.2) is 47.9 Å². The molecule has 0 saturated carbocycles. The molecule has 0 spiro atoms. The number of sulfonamides is 1. The van der Waals surface area contributed by atoms with E-state index in [9.17, 15) is 8.42 Å². The average molecular weight is 360 g/mol. The summed E-state index contributed by atoms with van der Waals surface area (Å²) < 4.78 is 27.7. The van der Waals surface area contributed by atoms with Crippen LogP contribution in [0.1, 0.15) is 12.6 Å². The minimum absolute atomic E-state index is 0.240. The third kappa shape index (κ3) is 4.59. The monoisotopic (exact) mass is 360 g/mol. The molecule has 3 aromatic rings. The van der Waals surface area contributed by atoms with E-state index in [0.717, 1.165) is 22.9 Å². The predicted molar refractivity (Wildman–Crippen MR) is 94.5 cm³/mol. The Morgan fingerprint density at radius 2 is 2.08 bits per heavy atom. The molecule has 0 aliphatic carbocycles. The van der Waals surface area contributed by atoms with Crippen molar-refractivity contribution in [3.8, 4) is 0 Å². The normalized spacial score (nSPS) is 13.2. The molecule has 3 rings (SSSR count). The van der Waals surface area contributed by atoms with E-state index in [4.69, 9.17) is 0 Å². The second kappa shape index (κ2) is 7.68. The Labute approximate surface area is 146 Å². The van der Waals surface area contributed by atoms with Crippen LogP contribution >= 0.6 is 0 Å². The molecule has 1 atom stereocenters. The van der Waals surface area contributed by atoms with Crippen LogP contribution in [0.5, 0.6) is 0 Å². The van der Waals surface area contributed by atoms with Crippen LogP contribution in [0, 0.1) is 0 Å². The lowest BCUT2D eigenvalue weighted by molar-refractivity contribution is 0.536. The van der Waals surface area contributed by atoms with Crippen LogP contribution in [0.25, 0.3) is 10.8 Å². The lowest BCUT2D eigenvalue weighted by Crippen LogP contribution is -2.40. The zero-order valence-electron chi connectivity index (χ0n) is 13.8. The molecule has 3 N–H and O–H groups in total. The molecular formula is C16H20N6O2S. The van der Waals surface area contributed by atoms with Crippen molar-refractivity contribution < 1.29 is 8.42 Å². The number of benzene rings is 1. The minimum atomic E-state index is -3.57. The Hall–Kier alpha value is -2.36. The molecule has 0 aliphatic rings. The molecule has 25 heavy (non-hydrogen) atoms. The fourth-order valence-corrected chi connectivity index (χ4v) is 3.76. The Morgan fingerprint density at radius 3 is 2.88 bits per heavy atom. The number of aromatic nitrogens is 4. The van der Waals surface area contributed by atoms with Gasteiger partial charge in [-0.1, -0.05) is 6.07 Å². The van der Waals surface area contributed by atoms with E-state index in [2.05, 4.69) is 30.4 Å². The van der Waals surface area contributed by atoms with Crippen LogP contribution in [0.3, 0.4) is 0 Å². The Bertz CT molecular complexity index is 927. The topological polar surface area (TPSA) is 113 Å². The van der Waals surface area contributed by atoms with Gasteiger partial charge < -0.3 is 5.32 Å². The van der Waals surface area contributed by atoms with E-state index in [0.29, 0.717) is 13.1 Å². The molecule has 2 aromatic heterocycles. The maximum Gasteiger partial charge on any atom is 0.240 e. The van der Waals surface area contributed by atoms with Crippen molar-refractivity contribution in [2.45, 2.75) is 24.3 Å². The van der Waals surface area contributed by atoms with Crippen LogP contribution in [0.4, 0.5) is 0 Å². The van der Waals surface area contributed by atoms with E-state index in [1.54, 1.807) is 42.9 Å². The number of aromatic amines is 1. The highest BCUT2D eigenvalue weighted by Crippen LogP contribution is 2.18. The summed E-state index contributed by atoms with van der Waals surface area (Å²) in [7, 11) is -3.57. The first kappa shape index (κ1) is 17.5. The molecule has 2 heterocycles. The molecule has 0 bridgehead atoms. The second-order valence-electron chi connectivity index (χ2n) is 5.82. The Kier molecular flexibility index (Phi) is 5.37. The fraction of sp³-hybridized carbons (Fsp3) is 0.312. The van der Waals surface area contributed by atoms with Gasteiger partial charge in [0.15, 0.2) is 0 Å². The number of H-pyrrole nitrogens is 1. The summed E-state index contributed by atoms with van der Waals surface area (Å²) in [4.78, 5) is 4.28. The largest absolute Gasteiger partial charge is 0.315 e. The summed E-state index contributed by atoms with van der Waals surface area (Å²) in [6.45, 7) is 3.04. The molecule has 1 unspecified atom stereocenters. The number of fused-ring (bicyclic) bond motifs is 1. The SMILES string of the molecule is CC(CNCCc1cn[nH]n1)NS(=O)(=O)c1ccc2cnccc2c1. The average Bonchev–Trinajstić information content (AvgIpc) is 3.11. The fourth-order valence-electron chi connectivity index (χ4n) is 2.48. The Morgan fingerprint density at radius 1 is 1.20 bits per heavy atom. The van der Waals surface area contributed by atoms with E-state index >= 15 is 0 Å². The lowest BCUT2D eigenvalue weighted by Gasteiger charge is -2.15. The first-order valence-electron chi connectivity index (χ1n) is 7.96. The molecule has 0 saturated heterocycles. The smallest absolute Gasteiger partial charge is 0.240 e.